The molecule has 0 saturated carbocycles. The van der Waals surface area contributed by atoms with Crippen LogP contribution in [-0.4, -0.2) is 47.4 Å². The predicted octanol–water partition coefficient (Wildman–Crippen LogP) is 22.3. The summed E-state index contributed by atoms with van der Waals surface area (Å²) >= 11 is 0. The van der Waals surface area contributed by atoms with Crippen LogP contribution in [0.4, 0.5) is 0 Å². The highest BCUT2D eigenvalue weighted by molar-refractivity contribution is 5.76. The molecule has 0 rings (SSSR count). The number of carbonyl (C=O) groups is 2. The van der Waals surface area contributed by atoms with Crippen LogP contribution in [-0.2, 0) is 14.3 Å². The van der Waals surface area contributed by atoms with Gasteiger partial charge in [0, 0.05) is 12.8 Å². The molecule has 6 heteroatoms. The highest BCUT2D eigenvalue weighted by Gasteiger charge is 2.18. The number of carbonyl (C=O) groups excluding carboxylic acids is 2. The predicted molar refractivity (Wildman–Crippen MR) is 338 cm³/mol. The van der Waals surface area contributed by atoms with Crippen LogP contribution in [0.2, 0.25) is 0 Å². The molecular formula is C71H135NO5. The van der Waals surface area contributed by atoms with Gasteiger partial charge in [-0.2, -0.15) is 0 Å². The molecule has 0 saturated heterocycles. The zero-order chi connectivity index (χ0) is 55.7. The van der Waals surface area contributed by atoms with E-state index in [1.165, 1.54) is 302 Å². The Balaban J connectivity index is 3.44. The average molecular weight is 1080 g/mol. The Hall–Kier alpha value is -1.92. The van der Waals surface area contributed by atoms with Crippen LogP contribution >= 0.6 is 0 Å². The SMILES string of the molecule is CCCCCCCC/C=C\CCCCCCCCCCCC(=O)OCCCCCCCCCCC/C=C\CCCCCCCCCC(=O)NC(CO)C(O)/C=C/CCCCCCCCCCCCCCCCCCCCC. The molecule has 3 N–H and O–H groups in total. The summed E-state index contributed by atoms with van der Waals surface area (Å²) in [6, 6.07) is -0.636. The number of ether oxygens (including phenoxy) is 1. The standard InChI is InChI=1S/C71H135NO5/c1-3-5-7-9-11-13-15-17-19-21-23-24-28-31-35-39-43-47-51-55-59-63-69(74)68(67-73)72-70(75)64-60-56-52-48-44-40-36-32-29-25-26-30-34-38-42-46-50-54-58-62-66-77-71(76)65-61-57-53-49-45-41-37-33-27-22-20-18-16-14-12-10-8-6-4-2/h18,20,25,29,59,63,68-69,73-74H,3-17,19,21-24,26-28,30-58,60-62,64-67H2,1-2H3,(H,72,75)/b20-18-,29-25-,63-59+. The van der Waals surface area contributed by atoms with Crippen molar-refractivity contribution in [3.8, 4) is 0 Å². The monoisotopic (exact) mass is 1080 g/mol. The fourth-order valence-corrected chi connectivity index (χ4v) is 10.8. The van der Waals surface area contributed by atoms with Gasteiger partial charge in [0.1, 0.15) is 0 Å². The molecule has 0 aliphatic heterocycles. The number of unbranched alkanes of at least 4 members (excludes halogenated alkanes) is 50. The first-order valence-corrected chi connectivity index (χ1v) is 34.8. The third-order valence-corrected chi connectivity index (χ3v) is 16.1. The number of hydrogen-bond donors (Lipinski definition) is 3. The van der Waals surface area contributed by atoms with E-state index in [1.54, 1.807) is 6.08 Å². The lowest BCUT2D eigenvalue weighted by Gasteiger charge is -2.20. The van der Waals surface area contributed by atoms with E-state index in [2.05, 4.69) is 43.5 Å². The van der Waals surface area contributed by atoms with Crippen LogP contribution < -0.4 is 5.32 Å². The van der Waals surface area contributed by atoms with Crippen molar-refractivity contribution in [2.45, 2.75) is 392 Å². The second kappa shape index (κ2) is 66.6. The van der Waals surface area contributed by atoms with Crippen molar-refractivity contribution in [3.63, 3.8) is 0 Å². The molecule has 0 heterocycles. The molecule has 0 aromatic rings. The Bertz CT molecular complexity index is 1250. The summed E-state index contributed by atoms with van der Waals surface area (Å²) < 4.78 is 5.50. The lowest BCUT2D eigenvalue weighted by Crippen LogP contribution is -2.45. The van der Waals surface area contributed by atoms with Gasteiger partial charge >= 0.3 is 5.97 Å². The molecule has 0 radical (unpaired) electrons. The van der Waals surface area contributed by atoms with Crippen molar-refractivity contribution in [2.75, 3.05) is 13.2 Å². The number of allylic oxidation sites excluding steroid dienone is 5. The zero-order valence-electron chi connectivity index (χ0n) is 52.0. The Kier molecular flexibility index (Phi) is 64.9. The van der Waals surface area contributed by atoms with E-state index >= 15 is 0 Å². The molecule has 0 aliphatic carbocycles. The summed E-state index contributed by atoms with van der Waals surface area (Å²) in [5.74, 6) is -0.0677. The maximum atomic E-state index is 12.5. The summed E-state index contributed by atoms with van der Waals surface area (Å²) in [6.45, 7) is 4.92. The highest BCUT2D eigenvalue weighted by Crippen LogP contribution is 2.18. The zero-order valence-corrected chi connectivity index (χ0v) is 52.0. The number of rotatable bonds is 65. The maximum absolute atomic E-state index is 12.5. The van der Waals surface area contributed by atoms with E-state index in [-0.39, 0.29) is 18.5 Å². The van der Waals surface area contributed by atoms with Crippen LogP contribution in [0.15, 0.2) is 36.5 Å². The minimum absolute atomic E-state index is 0.00572. The van der Waals surface area contributed by atoms with Gasteiger partial charge in [0.25, 0.3) is 0 Å². The highest BCUT2D eigenvalue weighted by atomic mass is 16.5. The van der Waals surface area contributed by atoms with Crippen molar-refractivity contribution in [1.82, 2.24) is 5.32 Å². The molecule has 454 valence electrons. The number of aliphatic hydroxyl groups is 2. The van der Waals surface area contributed by atoms with E-state index in [4.69, 9.17) is 4.74 Å². The Morgan fingerprint density at radius 1 is 0.351 bits per heavy atom. The minimum atomic E-state index is -0.852. The Morgan fingerprint density at radius 2 is 0.610 bits per heavy atom. The van der Waals surface area contributed by atoms with Crippen molar-refractivity contribution in [2.24, 2.45) is 0 Å². The molecular weight excluding hydrogens is 947 g/mol. The normalized spacial score (nSPS) is 12.7. The molecule has 0 aromatic carbocycles. The van der Waals surface area contributed by atoms with Gasteiger partial charge in [-0.1, -0.05) is 320 Å². The molecule has 0 bridgehead atoms. The molecule has 2 atom stereocenters. The van der Waals surface area contributed by atoms with Gasteiger partial charge in [0.05, 0.1) is 25.4 Å². The van der Waals surface area contributed by atoms with Gasteiger partial charge in [-0.05, 0) is 83.5 Å². The fraction of sp³-hybridized carbons (Fsp3) is 0.887. The molecule has 0 fully saturated rings. The third-order valence-electron chi connectivity index (χ3n) is 16.1. The van der Waals surface area contributed by atoms with Crippen LogP contribution in [0.3, 0.4) is 0 Å². The number of amides is 1. The van der Waals surface area contributed by atoms with E-state index in [1.807, 2.05) is 6.08 Å². The van der Waals surface area contributed by atoms with Crippen molar-refractivity contribution in [1.29, 1.82) is 0 Å². The van der Waals surface area contributed by atoms with E-state index < -0.39 is 12.1 Å². The van der Waals surface area contributed by atoms with Crippen molar-refractivity contribution < 1.29 is 24.5 Å². The molecule has 0 aromatic heterocycles. The van der Waals surface area contributed by atoms with Crippen molar-refractivity contribution in [3.05, 3.63) is 36.5 Å². The number of nitrogens with one attached hydrogen (secondary N) is 1. The average Bonchev–Trinajstić information content (AvgIpc) is 3.43. The van der Waals surface area contributed by atoms with E-state index in [0.29, 0.717) is 19.4 Å². The second-order valence-corrected chi connectivity index (χ2v) is 23.9. The molecule has 0 spiro atoms. The van der Waals surface area contributed by atoms with Gasteiger partial charge in [0.15, 0.2) is 0 Å². The lowest BCUT2D eigenvalue weighted by molar-refractivity contribution is -0.143. The van der Waals surface area contributed by atoms with E-state index in [9.17, 15) is 19.8 Å². The fourth-order valence-electron chi connectivity index (χ4n) is 10.8. The quantitative estimate of drug-likeness (QED) is 0.0320. The van der Waals surface area contributed by atoms with Crippen LogP contribution in [0.1, 0.15) is 380 Å². The van der Waals surface area contributed by atoms with Gasteiger partial charge in [-0.25, -0.2) is 0 Å². The number of esters is 1. The van der Waals surface area contributed by atoms with Crippen LogP contribution in [0.5, 0.6) is 0 Å². The molecule has 6 nitrogen and oxygen atoms in total. The summed E-state index contributed by atoms with van der Waals surface area (Å²) in [4.78, 5) is 24.6. The lowest BCUT2D eigenvalue weighted by atomic mass is 10.0. The number of hydrogen-bond acceptors (Lipinski definition) is 5. The molecule has 1 amide bonds. The molecule has 0 aliphatic rings. The molecule has 77 heavy (non-hydrogen) atoms. The minimum Gasteiger partial charge on any atom is -0.466 e. The van der Waals surface area contributed by atoms with Crippen LogP contribution in [0.25, 0.3) is 0 Å². The summed E-state index contributed by atoms with van der Waals surface area (Å²) in [5.41, 5.74) is 0. The van der Waals surface area contributed by atoms with Gasteiger partial charge in [0.2, 0.25) is 5.91 Å². The topological polar surface area (TPSA) is 95.9 Å². The van der Waals surface area contributed by atoms with Crippen molar-refractivity contribution >= 4 is 11.9 Å². The Labute approximate surface area is 481 Å². The second-order valence-electron chi connectivity index (χ2n) is 23.9. The van der Waals surface area contributed by atoms with Gasteiger partial charge in [-0.15, -0.1) is 0 Å². The summed E-state index contributed by atoms with van der Waals surface area (Å²) in [6.07, 6.45) is 84.9. The first-order chi connectivity index (χ1) is 38.0. The largest absolute Gasteiger partial charge is 0.466 e. The third kappa shape index (κ3) is 63.1. The van der Waals surface area contributed by atoms with Crippen LogP contribution in [0, 0.1) is 0 Å². The summed E-state index contributed by atoms with van der Waals surface area (Å²) in [5, 5.41) is 23.2. The van der Waals surface area contributed by atoms with Gasteiger partial charge < -0.3 is 20.3 Å². The van der Waals surface area contributed by atoms with Gasteiger partial charge in [-0.3, -0.25) is 9.59 Å². The molecule has 2 unspecified atom stereocenters. The van der Waals surface area contributed by atoms with E-state index in [0.717, 1.165) is 51.4 Å². The first kappa shape index (κ1) is 75.1. The first-order valence-electron chi connectivity index (χ1n) is 34.8. The maximum Gasteiger partial charge on any atom is 0.305 e. The summed E-state index contributed by atoms with van der Waals surface area (Å²) in [7, 11) is 0. The Morgan fingerprint density at radius 3 is 0.922 bits per heavy atom. The number of aliphatic hydroxyl groups excluding tert-OH is 2. The smallest absolute Gasteiger partial charge is 0.305 e.